The number of likely N-dealkylation sites (tertiary alicyclic amines) is 1. The van der Waals surface area contributed by atoms with Gasteiger partial charge in [0.05, 0.1) is 0 Å². The normalized spacial score (nSPS) is 20.9. The van der Waals surface area contributed by atoms with Crippen LogP contribution >= 0.6 is 0 Å². The second kappa shape index (κ2) is 5.52. The van der Waals surface area contributed by atoms with E-state index in [-0.39, 0.29) is 0 Å². The van der Waals surface area contributed by atoms with Gasteiger partial charge in [0.15, 0.2) is 5.65 Å². The maximum atomic E-state index is 4.76. The average Bonchev–Trinajstić information content (AvgIpc) is 2.76. The Morgan fingerprint density at radius 1 is 1.40 bits per heavy atom. The molecule has 0 saturated carbocycles. The molecule has 1 aliphatic rings. The van der Waals surface area contributed by atoms with E-state index >= 15 is 0 Å². The molecule has 0 N–H and O–H groups in total. The van der Waals surface area contributed by atoms with Gasteiger partial charge < -0.3 is 9.47 Å². The number of fused-ring (bicyclic) bond motifs is 1. The molecule has 108 valence electrons. The maximum Gasteiger partial charge on any atom is 0.159 e. The van der Waals surface area contributed by atoms with Crippen LogP contribution in [0.4, 0.5) is 0 Å². The molecule has 3 heterocycles. The van der Waals surface area contributed by atoms with Gasteiger partial charge in [0.25, 0.3) is 0 Å². The Hall–Kier alpha value is -1.42. The second-order valence-corrected chi connectivity index (χ2v) is 6.23. The predicted molar refractivity (Wildman–Crippen MR) is 81.6 cm³/mol. The van der Waals surface area contributed by atoms with Crippen LogP contribution in [-0.4, -0.2) is 38.6 Å². The summed E-state index contributed by atoms with van der Waals surface area (Å²) >= 11 is 0. The topological polar surface area (TPSA) is 34.0 Å². The third kappa shape index (κ3) is 2.57. The Bertz CT molecular complexity index is 587. The van der Waals surface area contributed by atoms with Crippen LogP contribution in [0.1, 0.15) is 32.5 Å². The highest BCUT2D eigenvalue weighted by Crippen LogP contribution is 2.23. The number of nitrogens with zero attached hydrogens (tertiary/aromatic N) is 4. The van der Waals surface area contributed by atoms with E-state index in [9.17, 15) is 0 Å². The zero-order valence-electron chi connectivity index (χ0n) is 12.7. The fraction of sp³-hybridized carbons (Fsp3) is 0.625. The zero-order valence-corrected chi connectivity index (χ0v) is 12.7. The number of aromatic nitrogens is 3. The molecule has 1 fully saturated rings. The largest absolute Gasteiger partial charge is 0.316 e. The molecule has 1 saturated heterocycles. The quantitative estimate of drug-likeness (QED) is 0.861. The van der Waals surface area contributed by atoms with Crippen LogP contribution < -0.4 is 0 Å². The number of hydrogen-bond acceptors (Lipinski definition) is 3. The summed E-state index contributed by atoms with van der Waals surface area (Å²) < 4.78 is 2.16. The number of aryl methyl sites for hydroxylation is 1. The Kier molecular flexibility index (Phi) is 3.74. The van der Waals surface area contributed by atoms with Gasteiger partial charge in [0.2, 0.25) is 0 Å². The molecule has 0 aliphatic carbocycles. The van der Waals surface area contributed by atoms with Crippen molar-refractivity contribution in [2.75, 3.05) is 13.1 Å². The van der Waals surface area contributed by atoms with Crippen molar-refractivity contribution in [2.45, 2.75) is 39.2 Å². The molecule has 0 bridgehead atoms. The van der Waals surface area contributed by atoms with Gasteiger partial charge >= 0.3 is 0 Å². The summed E-state index contributed by atoms with van der Waals surface area (Å²) in [5, 5.41) is 0. The SMILES string of the molecule is CC(C)N1CCCC(Cc2nc3cccnc3n2C)C1. The fourth-order valence-corrected chi connectivity index (χ4v) is 3.24. The Morgan fingerprint density at radius 3 is 3.00 bits per heavy atom. The lowest BCUT2D eigenvalue weighted by Crippen LogP contribution is -2.40. The number of imidazole rings is 1. The standard InChI is InChI=1S/C16H24N4/c1-12(2)20-9-5-6-13(11-20)10-15-18-14-7-4-8-17-16(14)19(15)3/h4,7-8,12-13H,5-6,9-11H2,1-3H3. The van der Waals surface area contributed by atoms with Crippen LogP contribution in [0.15, 0.2) is 18.3 Å². The predicted octanol–water partition coefficient (Wildman–Crippen LogP) is 2.63. The van der Waals surface area contributed by atoms with Crippen molar-refractivity contribution >= 4 is 11.2 Å². The van der Waals surface area contributed by atoms with E-state index in [1.807, 2.05) is 18.3 Å². The summed E-state index contributed by atoms with van der Waals surface area (Å²) in [6, 6.07) is 4.66. The van der Waals surface area contributed by atoms with Crippen LogP contribution in [0.3, 0.4) is 0 Å². The Balaban J connectivity index is 1.77. The van der Waals surface area contributed by atoms with E-state index < -0.39 is 0 Å². The summed E-state index contributed by atoms with van der Waals surface area (Å²) in [7, 11) is 2.08. The van der Waals surface area contributed by atoms with Crippen LogP contribution in [0.25, 0.3) is 11.2 Å². The smallest absolute Gasteiger partial charge is 0.159 e. The lowest BCUT2D eigenvalue weighted by molar-refractivity contribution is 0.138. The maximum absolute atomic E-state index is 4.76. The number of piperidine rings is 1. The highest BCUT2D eigenvalue weighted by atomic mass is 15.2. The molecule has 0 amide bonds. The van der Waals surface area contributed by atoms with Crippen molar-refractivity contribution < 1.29 is 0 Å². The third-order valence-corrected chi connectivity index (χ3v) is 4.47. The van der Waals surface area contributed by atoms with Crippen LogP contribution in [0, 0.1) is 5.92 Å². The van der Waals surface area contributed by atoms with Gasteiger partial charge in [-0.2, -0.15) is 0 Å². The molecule has 0 radical (unpaired) electrons. The van der Waals surface area contributed by atoms with Crippen LogP contribution in [0.5, 0.6) is 0 Å². The molecule has 4 nitrogen and oxygen atoms in total. The molecule has 4 heteroatoms. The first kappa shape index (κ1) is 13.6. The first-order valence-corrected chi connectivity index (χ1v) is 7.65. The van der Waals surface area contributed by atoms with E-state index in [1.54, 1.807) is 0 Å². The van der Waals surface area contributed by atoms with E-state index in [1.165, 1.54) is 31.8 Å². The summed E-state index contributed by atoms with van der Waals surface area (Å²) in [4.78, 5) is 11.8. The third-order valence-electron chi connectivity index (χ3n) is 4.47. The van der Waals surface area contributed by atoms with Crippen LogP contribution in [-0.2, 0) is 13.5 Å². The van der Waals surface area contributed by atoms with Gasteiger partial charge in [0.1, 0.15) is 11.3 Å². The molecule has 0 aromatic carbocycles. The van der Waals surface area contributed by atoms with Crippen LogP contribution in [0.2, 0.25) is 0 Å². The minimum absolute atomic E-state index is 0.653. The first-order valence-electron chi connectivity index (χ1n) is 7.65. The molecule has 20 heavy (non-hydrogen) atoms. The van der Waals surface area contributed by atoms with Crippen molar-refractivity contribution in [1.29, 1.82) is 0 Å². The highest BCUT2D eigenvalue weighted by molar-refractivity contribution is 5.70. The average molecular weight is 272 g/mol. The molecule has 2 aromatic rings. The highest BCUT2D eigenvalue weighted by Gasteiger charge is 2.23. The van der Waals surface area contributed by atoms with E-state index in [0.29, 0.717) is 6.04 Å². The number of pyridine rings is 1. The van der Waals surface area contributed by atoms with Gasteiger partial charge in [-0.1, -0.05) is 0 Å². The van der Waals surface area contributed by atoms with Gasteiger partial charge in [-0.3, -0.25) is 0 Å². The lowest BCUT2D eigenvalue weighted by Gasteiger charge is -2.35. The first-order chi connectivity index (χ1) is 9.65. The van der Waals surface area contributed by atoms with Crippen molar-refractivity contribution in [2.24, 2.45) is 13.0 Å². The molecule has 3 rings (SSSR count). The second-order valence-electron chi connectivity index (χ2n) is 6.23. The summed E-state index contributed by atoms with van der Waals surface area (Å²) in [6.45, 7) is 7.04. The minimum atomic E-state index is 0.653. The summed E-state index contributed by atoms with van der Waals surface area (Å²) in [6.07, 6.45) is 5.54. The van der Waals surface area contributed by atoms with E-state index in [2.05, 4.69) is 35.3 Å². The van der Waals surface area contributed by atoms with Gasteiger partial charge in [-0.05, 0) is 51.3 Å². The van der Waals surface area contributed by atoms with Gasteiger partial charge in [-0.25, -0.2) is 9.97 Å². The number of rotatable bonds is 3. The van der Waals surface area contributed by atoms with Crippen molar-refractivity contribution in [3.05, 3.63) is 24.2 Å². The van der Waals surface area contributed by atoms with Crippen molar-refractivity contribution in [3.8, 4) is 0 Å². The minimum Gasteiger partial charge on any atom is -0.316 e. The summed E-state index contributed by atoms with van der Waals surface area (Å²) in [5.41, 5.74) is 2.01. The van der Waals surface area contributed by atoms with E-state index in [0.717, 1.165) is 23.5 Å². The molecule has 1 atom stereocenters. The Labute approximate surface area is 120 Å². The zero-order chi connectivity index (χ0) is 14.1. The molecular formula is C16H24N4. The molecule has 0 spiro atoms. The monoisotopic (exact) mass is 272 g/mol. The fourth-order valence-electron chi connectivity index (χ4n) is 3.24. The summed E-state index contributed by atoms with van der Waals surface area (Å²) in [5.74, 6) is 1.90. The number of hydrogen-bond donors (Lipinski definition) is 0. The van der Waals surface area contributed by atoms with Crippen molar-refractivity contribution in [3.63, 3.8) is 0 Å². The molecule has 2 aromatic heterocycles. The Morgan fingerprint density at radius 2 is 2.25 bits per heavy atom. The molecule has 1 unspecified atom stereocenters. The molecular weight excluding hydrogens is 248 g/mol. The van der Waals surface area contributed by atoms with Gasteiger partial charge in [0, 0.05) is 32.3 Å². The molecule has 1 aliphatic heterocycles. The van der Waals surface area contributed by atoms with E-state index in [4.69, 9.17) is 4.98 Å². The van der Waals surface area contributed by atoms with Crippen molar-refractivity contribution in [1.82, 2.24) is 19.4 Å². The van der Waals surface area contributed by atoms with Gasteiger partial charge in [-0.15, -0.1) is 0 Å². The lowest BCUT2D eigenvalue weighted by atomic mass is 9.93.